The van der Waals surface area contributed by atoms with Gasteiger partial charge in [-0.1, -0.05) is 23.7 Å². The monoisotopic (exact) mass is 287 g/mol. The van der Waals surface area contributed by atoms with E-state index in [1.54, 1.807) is 23.9 Å². The predicted molar refractivity (Wildman–Crippen MR) is 77.1 cm³/mol. The summed E-state index contributed by atoms with van der Waals surface area (Å²) in [5.74, 6) is -0.0441. The Labute approximate surface area is 117 Å². The van der Waals surface area contributed by atoms with Gasteiger partial charge in [0.1, 0.15) is 0 Å². The number of carbonyl (C=O) groups is 1. The van der Waals surface area contributed by atoms with E-state index in [0.29, 0.717) is 11.4 Å². The molecule has 0 aliphatic heterocycles. The molecule has 0 spiro atoms. The lowest BCUT2D eigenvalue weighted by atomic mass is 10.1. The molecule has 0 radical (unpaired) electrons. The summed E-state index contributed by atoms with van der Waals surface area (Å²) in [6, 6.07) is 7.16. The molecule has 0 unspecified atom stereocenters. The molecule has 0 saturated heterocycles. The standard InChI is InChI=1S/C13H18ClNO2S/c1-9(12(8-16)18-2)15-13(17)7-10-3-5-11(14)6-4-10/h3-6,9,12,16H,7-8H2,1-2H3,(H,15,17)/t9-,12+/m0/s1. The van der Waals surface area contributed by atoms with Crippen molar-refractivity contribution >= 4 is 29.3 Å². The Balaban J connectivity index is 2.48. The summed E-state index contributed by atoms with van der Waals surface area (Å²) in [6.45, 7) is 1.96. The zero-order chi connectivity index (χ0) is 13.5. The summed E-state index contributed by atoms with van der Waals surface area (Å²) in [5, 5.41) is 12.7. The number of hydrogen-bond acceptors (Lipinski definition) is 3. The number of nitrogens with one attached hydrogen (secondary N) is 1. The van der Waals surface area contributed by atoms with Crippen molar-refractivity contribution in [2.24, 2.45) is 0 Å². The zero-order valence-corrected chi connectivity index (χ0v) is 12.1. The molecule has 5 heteroatoms. The minimum absolute atomic E-state index is 0.0270. The molecule has 100 valence electrons. The maximum absolute atomic E-state index is 11.8. The van der Waals surface area contributed by atoms with Crippen LogP contribution in [0.1, 0.15) is 12.5 Å². The fraction of sp³-hybridized carbons (Fsp3) is 0.462. The van der Waals surface area contributed by atoms with Gasteiger partial charge in [-0.15, -0.1) is 0 Å². The Kier molecular flexibility index (Phi) is 6.54. The fourth-order valence-electron chi connectivity index (χ4n) is 1.62. The molecule has 2 atom stereocenters. The smallest absolute Gasteiger partial charge is 0.224 e. The molecule has 18 heavy (non-hydrogen) atoms. The van der Waals surface area contributed by atoms with E-state index >= 15 is 0 Å². The largest absolute Gasteiger partial charge is 0.395 e. The van der Waals surface area contributed by atoms with Gasteiger partial charge in [0, 0.05) is 16.3 Å². The number of amides is 1. The second kappa shape index (κ2) is 7.67. The van der Waals surface area contributed by atoms with Crippen molar-refractivity contribution in [3.8, 4) is 0 Å². The van der Waals surface area contributed by atoms with Gasteiger partial charge in [-0.3, -0.25) is 4.79 Å². The van der Waals surface area contributed by atoms with Crippen molar-refractivity contribution in [2.45, 2.75) is 24.6 Å². The third kappa shape index (κ3) is 4.88. The van der Waals surface area contributed by atoms with Gasteiger partial charge in [0.15, 0.2) is 0 Å². The number of rotatable bonds is 6. The number of aliphatic hydroxyl groups excluding tert-OH is 1. The molecule has 3 nitrogen and oxygen atoms in total. The Hall–Kier alpha value is -0.710. The molecular formula is C13H18ClNO2S. The highest BCUT2D eigenvalue weighted by Crippen LogP contribution is 2.12. The van der Waals surface area contributed by atoms with Gasteiger partial charge in [0.2, 0.25) is 5.91 Å². The number of aliphatic hydroxyl groups is 1. The quantitative estimate of drug-likeness (QED) is 0.842. The molecule has 0 aromatic heterocycles. The van der Waals surface area contributed by atoms with Crippen molar-refractivity contribution in [1.82, 2.24) is 5.32 Å². The molecule has 1 rings (SSSR count). The summed E-state index contributed by atoms with van der Waals surface area (Å²) in [5.41, 5.74) is 0.925. The maximum Gasteiger partial charge on any atom is 0.224 e. The average molecular weight is 288 g/mol. The lowest BCUT2D eigenvalue weighted by Crippen LogP contribution is -2.41. The van der Waals surface area contributed by atoms with Crippen LogP contribution in [0.5, 0.6) is 0 Å². The topological polar surface area (TPSA) is 49.3 Å². The van der Waals surface area contributed by atoms with Crippen molar-refractivity contribution in [1.29, 1.82) is 0 Å². The molecule has 0 fully saturated rings. The van der Waals surface area contributed by atoms with Crippen LogP contribution in [0.15, 0.2) is 24.3 Å². The Morgan fingerprint density at radius 3 is 2.56 bits per heavy atom. The molecule has 1 aromatic carbocycles. The number of thioether (sulfide) groups is 1. The van der Waals surface area contributed by atoms with Crippen molar-refractivity contribution < 1.29 is 9.90 Å². The number of benzene rings is 1. The number of carbonyl (C=O) groups excluding carboxylic acids is 1. The maximum atomic E-state index is 11.8. The molecule has 1 aromatic rings. The first-order valence-corrected chi connectivity index (χ1v) is 7.41. The molecule has 0 aliphatic carbocycles. The van der Waals surface area contributed by atoms with E-state index in [9.17, 15) is 4.79 Å². The lowest BCUT2D eigenvalue weighted by Gasteiger charge is -2.21. The summed E-state index contributed by atoms with van der Waals surface area (Å²) < 4.78 is 0. The van der Waals surface area contributed by atoms with Crippen molar-refractivity contribution in [2.75, 3.05) is 12.9 Å². The third-order valence-electron chi connectivity index (χ3n) is 2.71. The molecule has 0 heterocycles. The van der Waals surface area contributed by atoms with Crippen LogP contribution in [0.4, 0.5) is 0 Å². The van der Waals surface area contributed by atoms with Gasteiger partial charge in [-0.2, -0.15) is 11.8 Å². The SMILES string of the molecule is CS[C@H](CO)[C@H](C)NC(=O)Cc1ccc(Cl)cc1. The first kappa shape index (κ1) is 15.3. The Bertz CT molecular complexity index is 379. The van der Waals surface area contributed by atoms with Crippen molar-refractivity contribution in [3.05, 3.63) is 34.9 Å². The van der Waals surface area contributed by atoms with Crippen LogP contribution in [-0.2, 0) is 11.2 Å². The normalized spacial score (nSPS) is 14.0. The second-order valence-corrected chi connectivity index (χ2v) is 5.63. The molecule has 0 saturated carbocycles. The van der Waals surface area contributed by atoms with Gasteiger partial charge in [0.25, 0.3) is 0 Å². The first-order valence-electron chi connectivity index (χ1n) is 5.74. The highest BCUT2D eigenvalue weighted by molar-refractivity contribution is 7.99. The van der Waals surface area contributed by atoms with Crippen LogP contribution in [-0.4, -0.2) is 35.2 Å². The van der Waals surface area contributed by atoms with Gasteiger partial charge in [-0.05, 0) is 30.9 Å². The van der Waals surface area contributed by atoms with E-state index in [2.05, 4.69) is 5.32 Å². The van der Waals surface area contributed by atoms with E-state index in [0.717, 1.165) is 5.56 Å². The first-order chi connectivity index (χ1) is 8.56. The van der Waals surface area contributed by atoms with Crippen LogP contribution in [0.25, 0.3) is 0 Å². The number of hydrogen-bond donors (Lipinski definition) is 2. The van der Waals surface area contributed by atoms with Gasteiger partial charge in [-0.25, -0.2) is 0 Å². The summed E-state index contributed by atoms with van der Waals surface area (Å²) in [7, 11) is 0. The Morgan fingerprint density at radius 2 is 2.06 bits per heavy atom. The van der Waals surface area contributed by atoms with Crippen LogP contribution in [0.3, 0.4) is 0 Å². The third-order valence-corrected chi connectivity index (χ3v) is 4.12. The van der Waals surface area contributed by atoms with Gasteiger partial charge < -0.3 is 10.4 Å². The highest BCUT2D eigenvalue weighted by Gasteiger charge is 2.17. The predicted octanol–water partition coefficient (Wildman–Crippen LogP) is 2.11. The van der Waals surface area contributed by atoms with E-state index in [1.807, 2.05) is 25.3 Å². The number of halogens is 1. The fourth-order valence-corrected chi connectivity index (χ4v) is 2.37. The van der Waals surface area contributed by atoms with E-state index in [1.165, 1.54) is 0 Å². The minimum atomic E-state index is -0.0511. The second-order valence-electron chi connectivity index (χ2n) is 4.12. The average Bonchev–Trinajstić information content (AvgIpc) is 2.33. The molecule has 0 aliphatic rings. The highest BCUT2D eigenvalue weighted by atomic mass is 35.5. The van der Waals surface area contributed by atoms with Crippen LogP contribution >= 0.6 is 23.4 Å². The zero-order valence-electron chi connectivity index (χ0n) is 10.5. The van der Waals surface area contributed by atoms with Gasteiger partial charge >= 0.3 is 0 Å². The molecule has 2 N–H and O–H groups in total. The molecule has 0 bridgehead atoms. The van der Waals surface area contributed by atoms with E-state index in [4.69, 9.17) is 16.7 Å². The van der Waals surface area contributed by atoms with Crippen LogP contribution < -0.4 is 5.32 Å². The lowest BCUT2D eigenvalue weighted by molar-refractivity contribution is -0.121. The minimum Gasteiger partial charge on any atom is -0.395 e. The van der Waals surface area contributed by atoms with Gasteiger partial charge in [0.05, 0.1) is 13.0 Å². The summed E-state index contributed by atoms with van der Waals surface area (Å²) in [4.78, 5) is 11.8. The molecule has 1 amide bonds. The van der Waals surface area contributed by atoms with Crippen LogP contribution in [0.2, 0.25) is 5.02 Å². The van der Waals surface area contributed by atoms with E-state index < -0.39 is 0 Å². The molecular weight excluding hydrogens is 270 g/mol. The van der Waals surface area contributed by atoms with Crippen molar-refractivity contribution in [3.63, 3.8) is 0 Å². The Morgan fingerprint density at radius 1 is 1.44 bits per heavy atom. The summed E-state index contributed by atoms with van der Waals surface area (Å²) in [6.07, 6.45) is 2.25. The van der Waals surface area contributed by atoms with Crippen LogP contribution in [0, 0.1) is 0 Å². The van der Waals surface area contributed by atoms with E-state index in [-0.39, 0.29) is 23.8 Å². The summed E-state index contributed by atoms with van der Waals surface area (Å²) >= 11 is 7.33.